The number of carbonyl (C=O) groups excluding carboxylic acids is 1. The molecule has 1 heterocycles. The molecule has 0 spiro atoms. The van der Waals surface area contributed by atoms with Gasteiger partial charge in [0.25, 0.3) is 0 Å². The number of aromatic nitrogens is 2. The first-order valence-electron chi connectivity index (χ1n) is 7.74. The zero-order valence-corrected chi connectivity index (χ0v) is 13.4. The van der Waals surface area contributed by atoms with Gasteiger partial charge in [0.2, 0.25) is 0 Å². The maximum Gasteiger partial charge on any atom is 0.387 e. The van der Waals surface area contributed by atoms with Crippen LogP contribution in [0.25, 0.3) is 16.6 Å². The second kappa shape index (κ2) is 6.98. The largest absolute Gasteiger partial charge is 0.435 e. The summed E-state index contributed by atoms with van der Waals surface area (Å²) in [6.07, 6.45) is 0.369. The molecule has 1 atom stereocenters. The van der Waals surface area contributed by atoms with Gasteiger partial charge >= 0.3 is 6.61 Å². The highest BCUT2D eigenvalue weighted by atomic mass is 19.3. The van der Waals surface area contributed by atoms with Gasteiger partial charge in [-0.15, -0.1) is 0 Å². The molecule has 0 fully saturated rings. The van der Waals surface area contributed by atoms with E-state index in [9.17, 15) is 18.7 Å². The Labute approximate surface area is 142 Å². The van der Waals surface area contributed by atoms with Crippen LogP contribution in [0.5, 0.6) is 5.75 Å². The topological polar surface area (TPSA) is 64.3 Å². The number of alkyl halides is 2. The summed E-state index contributed by atoms with van der Waals surface area (Å²) in [5, 5.41) is 15.3. The smallest absolute Gasteiger partial charge is 0.387 e. The van der Waals surface area contributed by atoms with E-state index < -0.39 is 12.7 Å². The first kappa shape index (κ1) is 17.0. The Bertz CT molecular complexity index is 908. The third-order valence-corrected chi connectivity index (χ3v) is 3.86. The predicted octanol–water partition coefficient (Wildman–Crippen LogP) is 3.88. The number of aliphatic hydroxyl groups excluding tert-OH is 1. The van der Waals surface area contributed by atoms with Crippen molar-refractivity contribution >= 4 is 17.2 Å². The Morgan fingerprint density at radius 3 is 2.76 bits per heavy atom. The van der Waals surface area contributed by atoms with Crippen molar-refractivity contribution in [2.75, 3.05) is 0 Å². The van der Waals surface area contributed by atoms with Crippen LogP contribution < -0.4 is 4.74 Å². The van der Waals surface area contributed by atoms with Gasteiger partial charge < -0.3 is 9.84 Å². The molecule has 0 aliphatic heterocycles. The third-order valence-electron chi connectivity index (χ3n) is 3.86. The summed E-state index contributed by atoms with van der Waals surface area (Å²) < 4.78 is 30.8. The lowest BCUT2D eigenvalue weighted by atomic mass is 10.1. The molecule has 0 bridgehead atoms. The lowest BCUT2D eigenvalue weighted by molar-refractivity contribution is -0.0498. The molecule has 3 aromatic rings. The Morgan fingerprint density at radius 1 is 1.28 bits per heavy atom. The van der Waals surface area contributed by atoms with Crippen molar-refractivity contribution in [2.24, 2.45) is 0 Å². The summed E-state index contributed by atoms with van der Waals surface area (Å²) >= 11 is 0. The van der Waals surface area contributed by atoms with Crippen LogP contribution in [0.3, 0.4) is 0 Å². The van der Waals surface area contributed by atoms with Crippen molar-refractivity contribution < 1.29 is 23.4 Å². The Morgan fingerprint density at radius 2 is 2.08 bits per heavy atom. The number of aliphatic hydroxyl groups is 1. The van der Waals surface area contributed by atoms with Gasteiger partial charge in [0.1, 0.15) is 12.0 Å². The van der Waals surface area contributed by atoms with Crippen molar-refractivity contribution in [3.05, 3.63) is 53.7 Å². The standard InChI is InChI=1S/C18H16F2N2O3/c1-2-16(24)17-14-8-11(10-23)6-7-15(14)22(21-17)12-4-3-5-13(9-12)25-18(19)20/h3-10,16,18,24H,2H2,1H3. The van der Waals surface area contributed by atoms with Crippen LogP contribution >= 0.6 is 0 Å². The lowest BCUT2D eigenvalue weighted by Gasteiger charge is -2.08. The number of hydrogen-bond donors (Lipinski definition) is 1. The van der Waals surface area contributed by atoms with Crippen LogP contribution in [-0.2, 0) is 0 Å². The number of aldehydes is 1. The number of nitrogens with zero attached hydrogens (tertiary/aromatic N) is 2. The SMILES string of the molecule is CCC(O)c1nn(-c2cccc(OC(F)F)c2)c2ccc(C=O)cc12. The number of hydrogen-bond acceptors (Lipinski definition) is 4. The summed E-state index contributed by atoms with van der Waals surface area (Å²) in [4.78, 5) is 11.0. The first-order valence-corrected chi connectivity index (χ1v) is 7.74. The average Bonchev–Trinajstić information content (AvgIpc) is 2.99. The fourth-order valence-corrected chi connectivity index (χ4v) is 2.66. The molecule has 0 aliphatic rings. The van der Waals surface area contributed by atoms with Gasteiger partial charge in [0.15, 0.2) is 0 Å². The van der Waals surface area contributed by atoms with Crippen LogP contribution in [0.15, 0.2) is 42.5 Å². The molecular formula is C18H16F2N2O3. The minimum Gasteiger partial charge on any atom is -0.435 e. The second-order valence-corrected chi connectivity index (χ2v) is 5.49. The second-order valence-electron chi connectivity index (χ2n) is 5.49. The maximum absolute atomic E-state index is 12.4. The van der Waals surface area contributed by atoms with Crippen LogP contribution in [0.2, 0.25) is 0 Å². The molecule has 1 aromatic heterocycles. The highest BCUT2D eigenvalue weighted by Crippen LogP contribution is 2.29. The molecular weight excluding hydrogens is 330 g/mol. The summed E-state index contributed by atoms with van der Waals surface area (Å²) in [6.45, 7) is -1.10. The molecule has 0 amide bonds. The molecule has 0 saturated heterocycles. The summed E-state index contributed by atoms with van der Waals surface area (Å²) in [5.41, 5.74) is 2.06. The van der Waals surface area contributed by atoms with Gasteiger partial charge in [-0.2, -0.15) is 13.9 Å². The van der Waals surface area contributed by atoms with Gasteiger partial charge in [-0.25, -0.2) is 4.68 Å². The number of halogens is 2. The first-order chi connectivity index (χ1) is 12.0. The molecule has 0 radical (unpaired) electrons. The molecule has 1 N–H and O–H groups in total. The Balaban J connectivity index is 2.18. The molecule has 25 heavy (non-hydrogen) atoms. The van der Waals surface area contributed by atoms with E-state index in [0.29, 0.717) is 34.3 Å². The van der Waals surface area contributed by atoms with Crippen molar-refractivity contribution in [3.63, 3.8) is 0 Å². The van der Waals surface area contributed by atoms with Gasteiger partial charge in [-0.05, 0) is 36.8 Å². The van der Waals surface area contributed by atoms with E-state index in [1.54, 1.807) is 30.3 Å². The highest BCUT2D eigenvalue weighted by Gasteiger charge is 2.18. The predicted molar refractivity (Wildman–Crippen MR) is 88.3 cm³/mol. The molecule has 0 saturated carbocycles. The van der Waals surface area contributed by atoms with Crippen molar-refractivity contribution in [3.8, 4) is 11.4 Å². The molecule has 5 nitrogen and oxygen atoms in total. The van der Waals surface area contributed by atoms with E-state index in [1.165, 1.54) is 16.8 Å². The minimum absolute atomic E-state index is 0.0123. The maximum atomic E-state index is 12.4. The van der Waals surface area contributed by atoms with Gasteiger partial charge in [0, 0.05) is 17.0 Å². The molecule has 3 rings (SSSR count). The molecule has 1 unspecified atom stereocenters. The zero-order chi connectivity index (χ0) is 18.0. The highest BCUT2D eigenvalue weighted by molar-refractivity contribution is 5.90. The van der Waals surface area contributed by atoms with E-state index in [4.69, 9.17) is 0 Å². The van der Waals surface area contributed by atoms with Crippen molar-refractivity contribution in [1.82, 2.24) is 9.78 Å². The lowest BCUT2D eigenvalue weighted by Crippen LogP contribution is -2.04. The minimum atomic E-state index is -2.92. The number of fused-ring (bicyclic) bond motifs is 1. The van der Waals surface area contributed by atoms with Crippen molar-refractivity contribution in [2.45, 2.75) is 26.1 Å². The summed E-state index contributed by atoms with van der Waals surface area (Å²) in [7, 11) is 0. The molecule has 130 valence electrons. The fourth-order valence-electron chi connectivity index (χ4n) is 2.66. The van der Waals surface area contributed by atoms with Crippen LogP contribution in [0, 0.1) is 0 Å². The van der Waals surface area contributed by atoms with Crippen molar-refractivity contribution in [1.29, 1.82) is 0 Å². The van der Waals surface area contributed by atoms with Crippen LogP contribution in [0.1, 0.15) is 35.5 Å². The number of carbonyl (C=O) groups is 1. The van der Waals surface area contributed by atoms with Gasteiger partial charge in [0.05, 0.1) is 23.0 Å². The normalized spacial score (nSPS) is 12.5. The number of benzene rings is 2. The third kappa shape index (κ3) is 3.36. The summed E-state index contributed by atoms with van der Waals surface area (Å²) in [5.74, 6) is 0.0123. The molecule has 2 aromatic carbocycles. The van der Waals surface area contributed by atoms with E-state index in [1.807, 2.05) is 6.92 Å². The monoisotopic (exact) mass is 346 g/mol. The quantitative estimate of drug-likeness (QED) is 0.688. The molecule has 0 aliphatic carbocycles. The van der Waals surface area contributed by atoms with E-state index in [0.717, 1.165) is 6.29 Å². The fraction of sp³-hybridized carbons (Fsp3) is 0.222. The van der Waals surface area contributed by atoms with Crippen LogP contribution in [-0.4, -0.2) is 27.8 Å². The summed E-state index contributed by atoms with van der Waals surface area (Å²) in [6, 6.07) is 11.1. The van der Waals surface area contributed by atoms with Crippen LogP contribution in [0.4, 0.5) is 8.78 Å². The average molecular weight is 346 g/mol. The Kier molecular flexibility index (Phi) is 4.76. The van der Waals surface area contributed by atoms with E-state index in [-0.39, 0.29) is 5.75 Å². The van der Waals surface area contributed by atoms with Gasteiger partial charge in [-0.1, -0.05) is 13.0 Å². The Hall–Kier alpha value is -2.80. The number of ether oxygens (including phenoxy) is 1. The zero-order valence-electron chi connectivity index (χ0n) is 13.4. The molecule has 7 heteroatoms. The van der Waals surface area contributed by atoms with Gasteiger partial charge in [-0.3, -0.25) is 4.79 Å². The van der Waals surface area contributed by atoms with E-state index >= 15 is 0 Å². The number of rotatable bonds is 6. The van der Waals surface area contributed by atoms with E-state index in [2.05, 4.69) is 9.84 Å².